The van der Waals surface area contributed by atoms with Crippen LogP contribution in [0.3, 0.4) is 0 Å². The molecule has 0 aliphatic carbocycles. The Hall–Kier alpha value is -1.03. The van der Waals surface area contributed by atoms with Crippen LogP contribution in [0.2, 0.25) is 0 Å². The van der Waals surface area contributed by atoms with E-state index in [4.69, 9.17) is 4.74 Å². The van der Waals surface area contributed by atoms with Gasteiger partial charge < -0.3 is 10.1 Å². The smallest absolute Gasteiger partial charge is 0.444 e. The maximum absolute atomic E-state index is 12.6. The fraction of sp³-hybridized carbons (Fsp3) is 0.900. The van der Waals surface area contributed by atoms with E-state index in [1.54, 1.807) is 20.8 Å². The molecular formula is C10H17F3N2O4S. The van der Waals surface area contributed by atoms with Crippen LogP contribution in [0.5, 0.6) is 0 Å². The van der Waals surface area contributed by atoms with Crippen molar-refractivity contribution in [1.82, 2.24) is 10.2 Å². The minimum atomic E-state index is -5.49. The molecule has 1 saturated heterocycles. The highest BCUT2D eigenvalue weighted by atomic mass is 32.2. The number of piperazine rings is 1. The average molecular weight is 318 g/mol. The molecule has 0 radical (unpaired) electrons. The summed E-state index contributed by atoms with van der Waals surface area (Å²) in [6.07, 6.45) is -1.07. The van der Waals surface area contributed by atoms with Crippen LogP contribution < -0.4 is 5.32 Å². The molecular weight excluding hydrogens is 301 g/mol. The molecule has 0 aromatic rings. The van der Waals surface area contributed by atoms with E-state index >= 15 is 0 Å². The maximum Gasteiger partial charge on any atom is 0.499 e. The van der Waals surface area contributed by atoms with E-state index in [-0.39, 0.29) is 13.1 Å². The van der Waals surface area contributed by atoms with E-state index in [9.17, 15) is 26.4 Å². The lowest BCUT2D eigenvalue weighted by Gasteiger charge is -2.36. The monoisotopic (exact) mass is 318 g/mol. The lowest BCUT2D eigenvalue weighted by atomic mass is 10.2. The lowest BCUT2D eigenvalue weighted by Crippen LogP contribution is -2.59. The number of carbonyl (C=O) groups is 1. The van der Waals surface area contributed by atoms with Crippen molar-refractivity contribution in [3.63, 3.8) is 0 Å². The summed E-state index contributed by atoms with van der Waals surface area (Å²) in [5.41, 5.74) is -6.34. The van der Waals surface area contributed by atoms with E-state index in [0.29, 0.717) is 4.90 Å². The van der Waals surface area contributed by atoms with Crippen molar-refractivity contribution in [3.05, 3.63) is 0 Å². The number of halogens is 3. The molecule has 20 heavy (non-hydrogen) atoms. The van der Waals surface area contributed by atoms with Crippen molar-refractivity contribution in [2.45, 2.75) is 37.3 Å². The number of nitrogens with zero attached hydrogens (tertiary/aromatic N) is 1. The van der Waals surface area contributed by atoms with Gasteiger partial charge in [0.2, 0.25) is 0 Å². The van der Waals surface area contributed by atoms with Crippen LogP contribution in [0, 0.1) is 0 Å². The van der Waals surface area contributed by atoms with Gasteiger partial charge >= 0.3 is 11.6 Å². The number of rotatable bonds is 1. The van der Waals surface area contributed by atoms with Crippen molar-refractivity contribution >= 4 is 15.9 Å². The summed E-state index contributed by atoms with van der Waals surface area (Å²) in [6.45, 7) is 4.17. The Morgan fingerprint density at radius 3 is 2.30 bits per heavy atom. The predicted octanol–water partition coefficient (Wildman–Crippen LogP) is 1.09. The number of nitrogens with one attached hydrogen (secondary N) is 1. The number of hydrogen-bond donors (Lipinski definition) is 1. The maximum atomic E-state index is 12.6. The molecule has 1 aliphatic rings. The van der Waals surface area contributed by atoms with Crippen LogP contribution in [0.15, 0.2) is 0 Å². The lowest BCUT2D eigenvalue weighted by molar-refractivity contribution is -0.0471. The molecule has 1 amide bonds. The van der Waals surface area contributed by atoms with Crippen molar-refractivity contribution in [2.24, 2.45) is 0 Å². The summed E-state index contributed by atoms with van der Waals surface area (Å²) >= 11 is 0. The molecule has 1 fully saturated rings. The zero-order valence-corrected chi connectivity index (χ0v) is 12.1. The molecule has 1 heterocycles. The SMILES string of the molecule is CC(C)(C)OC(=O)N1CCNCC1S(=O)(=O)C(F)(F)F. The van der Waals surface area contributed by atoms with Gasteiger partial charge in [-0.3, -0.25) is 4.90 Å². The van der Waals surface area contributed by atoms with Crippen LogP contribution in [-0.2, 0) is 14.6 Å². The molecule has 0 bridgehead atoms. The van der Waals surface area contributed by atoms with Crippen molar-refractivity contribution in [3.8, 4) is 0 Å². The molecule has 118 valence electrons. The van der Waals surface area contributed by atoms with Crippen LogP contribution >= 0.6 is 0 Å². The van der Waals surface area contributed by atoms with Crippen LogP contribution in [-0.4, -0.2) is 55.5 Å². The largest absolute Gasteiger partial charge is 0.499 e. The minimum Gasteiger partial charge on any atom is -0.444 e. The Morgan fingerprint density at radius 2 is 1.85 bits per heavy atom. The number of carbonyl (C=O) groups excluding carboxylic acids is 1. The molecule has 1 aliphatic heterocycles. The molecule has 0 aromatic carbocycles. The molecule has 0 spiro atoms. The first-order valence-electron chi connectivity index (χ1n) is 5.87. The van der Waals surface area contributed by atoms with Crippen LogP contribution in [0.4, 0.5) is 18.0 Å². The number of ether oxygens (including phenoxy) is 1. The average Bonchev–Trinajstić information content (AvgIpc) is 2.25. The van der Waals surface area contributed by atoms with Crippen LogP contribution in [0.25, 0.3) is 0 Å². The molecule has 1 rings (SSSR count). The standard InChI is InChI=1S/C10H17F3N2O4S/c1-9(2,3)19-8(16)15-5-4-14-6-7(15)20(17,18)10(11,12)13/h7,14H,4-6H2,1-3H3. The molecule has 10 heteroatoms. The Balaban J connectivity index is 3.02. The van der Waals surface area contributed by atoms with E-state index in [0.717, 1.165) is 0 Å². The predicted molar refractivity (Wildman–Crippen MR) is 64.6 cm³/mol. The van der Waals surface area contributed by atoms with Gasteiger partial charge in [0.25, 0.3) is 9.84 Å². The molecule has 1 atom stereocenters. The topological polar surface area (TPSA) is 75.7 Å². The third kappa shape index (κ3) is 3.75. The quantitative estimate of drug-likeness (QED) is 0.783. The van der Waals surface area contributed by atoms with Gasteiger partial charge in [-0.1, -0.05) is 0 Å². The van der Waals surface area contributed by atoms with Gasteiger partial charge in [-0.2, -0.15) is 13.2 Å². The third-order valence-corrected chi connectivity index (χ3v) is 4.29. The summed E-state index contributed by atoms with van der Waals surface area (Å²) in [5, 5.41) is 0.524. The number of alkyl halides is 3. The Labute approximate surface area is 115 Å². The number of sulfone groups is 1. The molecule has 0 aromatic heterocycles. The second-order valence-corrected chi connectivity index (χ2v) is 7.42. The second-order valence-electron chi connectivity index (χ2n) is 5.32. The highest BCUT2D eigenvalue weighted by molar-refractivity contribution is 7.92. The highest BCUT2D eigenvalue weighted by Gasteiger charge is 2.54. The Kier molecular flexibility index (Phi) is 4.59. The summed E-state index contributed by atoms with van der Waals surface area (Å²) in [6, 6.07) is 0. The van der Waals surface area contributed by atoms with Crippen molar-refractivity contribution in [2.75, 3.05) is 19.6 Å². The number of hydrogen-bond acceptors (Lipinski definition) is 5. The second kappa shape index (κ2) is 5.40. The van der Waals surface area contributed by atoms with E-state index in [2.05, 4.69) is 5.32 Å². The molecule has 6 nitrogen and oxygen atoms in total. The first-order chi connectivity index (χ1) is 8.86. The van der Waals surface area contributed by atoms with E-state index in [1.807, 2.05) is 0 Å². The first kappa shape index (κ1) is 17.0. The summed E-state index contributed by atoms with van der Waals surface area (Å²) in [5.74, 6) is 0. The summed E-state index contributed by atoms with van der Waals surface area (Å²) < 4.78 is 65.7. The number of amides is 1. The van der Waals surface area contributed by atoms with Crippen LogP contribution in [0.1, 0.15) is 20.8 Å². The fourth-order valence-corrected chi connectivity index (χ4v) is 2.81. The minimum absolute atomic E-state index is 0.172. The van der Waals surface area contributed by atoms with Gasteiger partial charge in [0.1, 0.15) is 5.60 Å². The van der Waals surface area contributed by atoms with Gasteiger partial charge in [0.05, 0.1) is 0 Å². The first-order valence-corrected chi connectivity index (χ1v) is 7.41. The summed E-state index contributed by atoms with van der Waals surface area (Å²) in [4.78, 5) is 12.4. The van der Waals surface area contributed by atoms with E-state index < -0.39 is 39.0 Å². The third-order valence-electron chi connectivity index (χ3n) is 2.50. The van der Waals surface area contributed by atoms with Crippen molar-refractivity contribution in [1.29, 1.82) is 0 Å². The van der Waals surface area contributed by atoms with Gasteiger partial charge in [-0.15, -0.1) is 0 Å². The van der Waals surface area contributed by atoms with Gasteiger partial charge in [-0.25, -0.2) is 13.2 Å². The van der Waals surface area contributed by atoms with Gasteiger partial charge in [-0.05, 0) is 20.8 Å². The molecule has 0 saturated carbocycles. The molecule has 1 unspecified atom stereocenters. The zero-order valence-electron chi connectivity index (χ0n) is 11.3. The summed E-state index contributed by atoms with van der Waals surface area (Å²) in [7, 11) is -5.49. The Morgan fingerprint density at radius 1 is 1.30 bits per heavy atom. The van der Waals surface area contributed by atoms with E-state index in [1.165, 1.54) is 0 Å². The highest BCUT2D eigenvalue weighted by Crippen LogP contribution is 2.30. The Bertz CT molecular complexity index is 470. The van der Waals surface area contributed by atoms with Gasteiger partial charge in [0, 0.05) is 19.6 Å². The molecule has 1 N–H and O–H groups in total. The normalized spacial score (nSPS) is 21.7. The fourth-order valence-electron chi connectivity index (χ4n) is 1.64. The zero-order chi connectivity index (χ0) is 15.8. The van der Waals surface area contributed by atoms with Gasteiger partial charge in [0.15, 0.2) is 5.37 Å². The van der Waals surface area contributed by atoms with Crippen molar-refractivity contribution < 1.29 is 31.1 Å².